The molecule has 1 aliphatic carbocycles. The minimum Gasteiger partial charge on any atom is -0.385 e. The normalized spacial score (nSPS) is 22.2. The van der Waals surface area contributed by atoms with Gasteiger partial charge in [0.1, 0.15) is 0 Å². The van der Waals surface area contributed by atoms with Crippen LogP contribution in [0.1, 0.15) is 51.9 Å². The second-order valence-corrected chi connectivity index (χ2v) is 7.79. The molecule has 0 spiro atoms. The number of guanidine groups is 1. The maximum Gasteiger partial charge on any atom is 0.224 e. The van der Waals surface area contributed by atoms with E-state index in [-0.39, 0.29) is 29.9 Å². The fourth-order valence-corrected chi connectivity index (χ4v) is 3.86. The number of ether oxygens (including phenoxy) is 1. The first-order chi connectivity index (χ1) is 12.1. The highest BCUT2D eigenvalue weighted by atomic mass is 127. The van der Waals surface area contributed by atoms with Crippen molar-refractivity contribution >= 4 is 35.8 Å². The molecule has 0 radical (unpaired) electrons. The summed E-state index contributed by atoms with van der Waals surface area (Å²) < 4.78 is 5.25. The number of methoxy groups -OCH3 is 1. The van der Waals surface area contributed by atoms with E-state index in [4.69, 9.17) is 4.74 Å². The first-order valence-corrected chi connectivity index (χ1v) is 9.80. The van der Waals surface area contributed by atoms with Crippen molar-refractivity contribution in [1.82, 2.24) is 15.5 Å². The Labute approximate surface area is 175 Å². The monoisotopic (exact) mass is 480 g/mol. The Bertz CT molecular complexity index is 455. The number of halogens is 1. The number of piperidine rings is 1. The van der Waals surface area contributed by atoms with Crippen LogP contribution in [-0.4, -0.2) is 63.7 Å². The number of likely N-dealkylation sites (tertiary alicyclic amines) is 1. The van der Waals surface area contributed by atoms with Crippen molar-refractivity contribution in [1.29, 1.82) is 0 Å². The van der Waals surface area contributed by atoms with Crippen LogP contribution in [0.25, 0.3) is 0 Å². The molecule has 1 saturated carbocycles. The van der Waals surface area contributed by atoms with Crippen LogP contribution in [0.15, 0.2) is 4.99 Å². The van der Waals surface area contributed by atoms with Crippen LogP contribution in [0.2, 0.25) is 0 Å². The maximum absolute atomic E-state index is 12.3. The average Bonchev–Trinajstić information content (AvgIpc) is 2.58. The third-order valence-electron chi connectivity index (χ3n) is 5.75. The average molecular weight is 480 g/mol. The van der Waals surface area contributed by atoms with Gasteiger partial charge < -0.3 is 20.3 Å². The quantitative estimate of drug-likeness (QED) is 0.319. The third-order valence-corrected chi connectivity index (χ3v) is 5.75. The van der Waals surface area contributed by atoms with Gasteiger partial charge in [0, 0.05) is 53.4 Å². The summed E-state index contributed by atoms with van der Waals surface area (Å²) in [5.41, 5.74) is 0.355. The predicted molar refractivity (Wildman–Crippen MR) is 117 cm³/mol. The van der Waals surface area contributed by atoms with Gasteiger partial charge in [0.25, 0.3) is 0 Å². The summed E-state index contributed by atoms with van der Waals surface area (Å²) in [6.45, 7) is 6.42. The predicted octanol–water partition coefficient (Wildman–Crippen LogP) is 2.62. The molecule has 152 valence electrons. The highest BCUT2D eigenvalue weighted by Gasteiger charge is 2.36. The van der Waals surface area contributed by atoms with Crippen LogP contribution in [0.4, 0.5) is 0 Å². The lowest BCUT2D eigenvalue weighted by Crippen LogP contribution is -2.47. The summed E-state index contributed by atoms with van der Waals surface area (Å²) in [5, 5.41) is 6.73. The largest absolute Gasteiger partial charge is 0.385 e. The number of aliphatic imine (C=N–C) groups is 1. The van der Waals surface area contributed by atoms with Crippen molar-refractivity contribution in [2.45, 2.75) is 51.9 Å². The molecule has 2 rings (SSSR count). The molecule has 1 aliphatic heterocycles. The first-order valence-electron chi connectivity index (χ1n) is 9.80. The summed E-state index contributed by atoms with van der Waals surface area (Å²) in [4.78, 5) is 18.6. The molecular formula is C19H37IN4O2. The lowest BCUT2D eigenvalue weighted by Gasteiger charge is -2.42. The number of nitrogens with zero attached hydrogens (tertiary/aromatic N) is 2. The zero-order valence-corrected chi connectivity index (χ0v) is 19.0. The van der Waals surface area contributed by atoms with Crippen molar-refractivity contribution in [2.24, 2.45) is 16.3 Å². The van der Waals surface area contributed by atoms with Gasteiger partial charge in [-0.1, -0.05) is 13.3 Å². The fraction of sp³-hybridized carbons (Fsp3) is 0.895. The van der Waals surface area contributed by atoms with Gasteiger partial charge in [0.05, 0.1) is 0 Å². The molecule has 0 aromatic rings. The third kappa shape index (κ3) is 7.21. The lowest BCUT2D eigenvalue weighted by molar-refractivity contribution is -0.132. The Kier molecular flexibility index (Phi) is 10.8. The molecule has 0 aromatic heterocycles. The molecule has 1 heterocycles. The van der Waals surface area contributed by atoms with Crippen molar-refractivity contribution in [2.75, 3.05) is 46.9 Å². The van der Waals surface area contributed by atoms with E-state index in [0.29, 0.717) is 24.3 Å². The molecule has 0 aromatic carbocycles. The van der Waals surface area contributed by atoms with Crippen LogP contribution < -0.4 is 10.6 Å². The van der Waals surface area contributed by atoms with Crippen LogP contribution in [0, 0.1) is 11.3 Å². The smallest absolute Gasteiger partial charge is 0.224 e. The minimum absolute atomic E-state index is 0. The molecule has 6 nitrogen and oxygen atoms in total. The molecule has 2 fully saturated rings. The van der Waals surface area contributed by atoms with E-state index < -0.39 is 0 Å². The summed E-state index contributed by atoms with van der Waals surface area (Å²) in [6, 6.07) is 0. The second-order valence-electron chi connectivity index (χ2n) is 7.79. The Hall–Kier alpha value is -0.570. The standard InChI is InChI=1S/C19H36N4O2.HI/c1-16-6-4-12-23(14-16)17(24)7-11-21-18(20-2)22-15-19(8-5-9-19)10-13-25-3;/h16H,4-15H2,1-3H3,(H2,20,21,22);1H. The summed E-state index contributed by atoms with van der Waals surface area (Å²) in [6.07, 6.45) is 7.82. The Morgan fingerprint density at radius 3 is 2.65 bits per heavy atom. The van der Waals surface area contributed by atoms with Crippen LogP contribution >= 0.6 is 24.0 Å². The Morgan fingerprint density at radius 1 is 1.31 bits per heavy atom. The van der Waals surface area contributed by atoms with Crippen molar-refractivity contribution in [3.05, 3.63) is 0 Å². The molecular weight excluding hydrogens is 443 g/mol. The fourth-order valence-electron chi connectivity index (χ4n) is 3.86. The molecule has 26 heavy (non-hydrogen) atoms. The molecule has 0 bridgehead atoms. The van der Waals surface area contributed by atoms with Gasteiger partial charge in [0.15, 0.2) is 5.96 Å². The molecule has 1 unspecified atom stereocenters. The van der Waals surface area contributed by atoms with E-state index in [0.717, 1.165) is 45.0 Å². The van der Waals surface area contributed by atoms with E-state index in [1.165, 1.54) is 25.7 Å². The number of carbonyl (C=O) groups excluding carboxylic acids is 1. The molecule has 7 heteroatoms. The molecule has 2 N–H and O–H groups in total. The molecule has 2 aliphatic rings. The summed E-state index contributed by atoms with van der Waals surface area (Å²) in [7, 11) is 3.55. The number of nitrogens with one attached hydrogen (secondary N) is 2. The summed E-state index contributed by atoms with van der Waals surface area (Å²) >= 11 is 0. The van der Waals surface area contributed by atoms with Gasteiger partial charge in [-0.05, 0) is 43.4 Å². The zero-order valence-electron chi connectivity index (χ0n) is 16.7. The number of carbonyl (C=O) groups is 1. The van der Waals surface area contributed by atoms with Crippen molar-refractivity contribution in [3.63, 3.8) is 0 Å². The topological polar surface area (TPSA) is 66.0 Å². The van der Waals surface area contributed by atoms with Gasteiger partial charge in [0.2, 0.25) is 5.91 Å². The van der Waals surface area contributed by atoms with E-state index in [1.54, 1.807) is 14.2 Å². The van der Waals surface area contributed by atoms with Crippen LogP contribution in [0.3, 0.4) is 0 Å². The molecule has 1 atom stereocenters. The second kappa shape index (κ2) is 12.0. The van der Waals surface area contributed by atoms with Crippen LogP contribution in [0.5, 0.6) is 0 Å². The van der Waals surface area contributed by atoms with Gasteiger partial charge in [-0.15, -0.1) is 24.0 Å². The number of rotatable bonds is 8. The minimum atomic E-state index is 0. The number of hydrogen-bond acceptors (Lipinski definition) is 3. The Morgan fingerprint density at radius 2 is 2.08 bits per heavy atom. The van der Waals surface area contributed by atoms with E-state index >= 15 is 0 Å². The number of amides is 1. The number of hydrogen-bond donors (Lipinski definition) is 2. The highest BCUT2D eigenvalue weighted by Crippen LogP contribution is 2.43. The van der Waals surface area contributed by atoms with E-state index in [1.807, 2.05) is 4.90 Å². The molecule has 1 amide bonds. The maximum atomic E-state index is 12.3. The van der Waals surface area contributed by atoms with Crippen LogP contribution in [-0.2, 0) is 9.53 Å². The lowest BCUT2D eigenvalue weighted by atomic mass is 9.67. The van der Waals surface area contributed by atoms with E-state index in [2.05, 4.69) is 22.5 Å². The van der Waals surface area contributed by atoms with E-state index in [9.17, 15) is 4.79 Å². The van der Waals surface area contributed by atoms with Crippen molar-refractivity contribution < 1.29 is 9.53 Å². The zero-order chi connectivity index (χ0) is 18.1. The van der Waals surface area contributed by atoms with Crippen molar-refractivity contribution in [3.8, 4) is 0 Å². The summed E-state index contributed by atoms with van der Waals surface area (Å²) in [5.74, 6) is 1.68. The van der Waals surface area contributed by atoms with Gasteiger partial charge in [-0.25, -0.2) is 0 Å². The van der Waals surface area contributed by atoms with Gasteiger partial charge in [-0.2, -0.15) is 0 Å². The SMILES string of the molecule is CN=C(NCCC(=O)N1CCCC(C)C1)NCC1(CCOC)CCC1.I. The van der Waals surface area contributed by atoms with Gasteiger partial charge in [-0.3, -0.25) is 9.79 Å². The van der Waals surface area contributed by atoms with Gasteiger partial charge >= 0.3 is 0 Å². The highest BCUT2D eigenvalue weighted by molar-refractivity contribution is 14.0. The Balaban J connectivity index is 0.00000338. The molecule has 1 saturated heterocycles. The first kappa shape index (κ1) is 23.5.